The lowest BCUT2D eigenvalue weighted by molar-refractivity contribution is -0.120. The van der Waals surface area contributed by atoms with E-state index in [9.17, 15) is 13.2 Å². The maximum atomic E-state index is 12.5. The monoisotopic (exact) mass is 385 g/mol. The Labute approximate surface area is 154 Å². The molecule has 1 amide bonds. The van der Waals surface area contributed by atoms with Crippen molar-refractivity contribution in [1.29, 1.82) is 0 Å². The zero-order valence-corrected chi connectivity index (χ0v) is 16.7. The number of sulfonamides is 1. The van der Waals surface area contributed by atoms with E-state index in [4.69, 9.17) is 0 Å². The molecular weight excluding hydrogens is 358 g/mol. The average molecular weight is 385 g/mol. The summed E-state index contributed by atoms with van der Waals surface area (Å²) in [6, 6.07) is 0. The largest absolute Gasteiger partial charge is 0.354 e. The van der Waals surface area contributed by atoms with Crippen LogP contribution < -0.4 is 14.9 Å². The van der Waals surface area contributed by atoms with Crippen LogP contribution in [0.25, 0.3) is 0 Å². The number of aromatic nitrogens is 2. The van der Waals surface area contributed by atoms with E-state index >= 15 is 0 Å². The smallest absolute Gasteiger partial charge is 0.246 e. The average Bonchev–Trinajstić information content (AvgIpc) is 2.91. The molecule has 2 rings (SSSR count). The molecule has 0 saturated carbocycles. The fourth-order valence-corrected chi connectivity index (χ4v) is 3.92. The Bertz CT molecular complexity index is 785. The number of hydrogen-bond acceptors (Lipinski definition) is 5. The van der Waals surface area contributed by atoms with Crippen molar-refractivity contribution in [2.75, 3.05) is 44.4 Å². The maximum Gasteiger partial charge on any atom is 0.246 e. The van der Waals surface area contributed by atoms with Gasteiger partial charge >= 0.3 is 0 Å². The van der Waals surface area contributed by atoms with Crippen molar-refractivity contribution in [2.45, 2.75) is 19.4 Å². The summed E-state index contributed by atoms with van der Waals surface area (Å²) < 4.78 is 27.1. The minimum atomic E-state index is -3.32. The topological polar surface area (TPSA) is 112 Å². The Morgan fingerprint density at radius 1 is 1.38 bits per heavy atom. The van der Waals surface area contributed by atoms with Crippen LogP contribution in [-0.2, 0) is 21.9 Å². The third-order valence-corrected chi connectivity index (χ3v) is 4.81. The second kappa shape index (κ2) is 7.62. The molecule has 0 aliphatic carbocycles. The highest BCUT2D eigenvalue weighted by Gasteiger charge is 2.29. The minimum absolute atomic E-state index is 0.0410. The highest BCUT2D eigenvalue weighted by molar-refractivity contribution is 7.88. The molecule has 1 aromatic heterocycles. The summed E-state index contributed by atoms with van der Waals surface area (Å²) in [5.74, 6) is 0.522. The first-order valence-electron chi connectivity index (χ1n) is 8.24. The Balaban J connectivity index is 1.96. The van der Waals surface area contributed by atoms with E-state index in [0.717, 1.165) is 11.9 Å². The highest BCUT2D eigenvalue weighted by atomic mass is 32.2. The third kappa shape index (κ3) is 5.43. The predicted molar refractivity (Wildman–Crippen MR) is 101 cm³/mol. The molecule has 1 saturated heterocycles. The number of anilines is 1. The highest BCUT2D eigenvalue weighted by Crippen LogP contribution is 2.16. The zero-order chi connectivity index (χ0) is 19.5. The second-order valence-corrected chi connectivity index (χ2v) is 8.75. The van der Waals surface area contributed by atoms with Gasteiger partial charge in [-0.05, 0) is 13.8 Å². The molecule has 0 radical (unpaired) electrons. The van der Waals surface area contributed by atoms with Crippen LogP contribution in [0.15, 0.2) is 17.4 Å². The molecule has 0 spiro atoms. The third-order valence-electron chi connectivity index (χ3n) is 3.89. The zero-order valence-electron chi connectivity index (χ0n) is 15.9. The number of guanidine groups is 1. The van der Waals surface area contributed by atoms with Crippen molar-refractivity contribution in [3.63, 3.8) is 0 Å². The van der Waals surface area contributed by atoms with Crippen molar-refractivity contribution in [2.24, 2.45) is 12.0 Å². The first-order chi connectivity index (χ1) is 12.0. The molecule has 10 nitrogen and oxygen atoms in total. The number of carbonyl (C=O) groups is 1. The lowest BCUT2D eigenvalue weighted by Crippen LogP contribution is -2.58. The van der Waals surface area contributed by atoms with Gasteiger partial charge in [0.1, 0.15) is 6.54 Å². The van der Waals surface area contributed by atoms with E-state index in [1.54, 1.807) is 42.9 Å². The van der Waals surface area contributed by atoms with E-state index in [1.807, 2.05) is 11.9 Å². The Morgan fingerprint density at radius 3 is 2.58 bits per heavy atom. The first kappa shape index (κ1) is 20.2. The number of aryl methyl sites for hydroxylation is 1. The number of aliphatic imine (C=N–C) groups is 1. The van der Waals surface area contributed by atoms with Gasteiger partial charge in [-0.15, -0.1) is 0 Å². The lowest BCUT2D eigenvalue weighted by Gasteiger charge is -2.36. The van der Waals surface area contributed by atoms with E-state index in [0.29, 0.717) is 25.6 Å². The molecule has 26 heavy (non-hydrogen) atoms. The number of nitrogens with zero attached hydrogens (tertiary/aromatic N) is 5. The summed E-state index contributed by atoms with van der Waals surface area (Å²) in [5.41, 5.74) is 0.0870. The number of hydrogen-bond donors (Lipinski definition) is 2. The van der Waals surface area contributed by atoms with Crippen LogP contribution in [0.5, 0.6) is 0 Å². The molecule has 1 aliphatic rings. The van der Waals surface area contributed by atoms with E-state index in [1.165, 1.54) is 0 Å². The van der Waals surface area contributed by atoms with E-state index in [-0.39, 0.29) is 12.5 Å². The minimum Gasteiger partial charge on any atom is -0.354 e. The van der Waals surface area contributed by atoms with Crippen LogP contribution in [-0.4, -0.2) is 80.0 Å². The van der Waals surface area contributed by atoms with E-state index < -0.39 is 15.6 Å². The van der Waals surface area contributed by atoms with Crippen LogP contribution >= 0.6 is 0 Å². The SMILES string of the molecule is CN=C(NCC(C)(C)NS(C)(=O)=O)N1CCN(c2cnn(C)c2)C(=O)C1. The Hall–Kier alpha value is -2.14. The van der Waals surface area contributed by atoms with Crippen LogP contribution in [0.3, 0.4) is 0 Å². The van der Waals surface area contributed by atoms with Crippen LogP contribution in [0, 0.1) is 0 Å². The molecule has 1 aliphatic heterocycles. The molecule has 0 bridgehead atoms. The van der Waals surface area contributed by atoms with Gasteiger partial charge in [-0.25, -0.2) is 13.1 Å². The van der Waals surface area contributed by atoms with Gasteiger partial charge in [0.15, 0.2) is 5.96 Å². The number of nitrogens with one attached hydrogen (secondary N) is 2. The molecule has 1 fully saturated rings. The second-order valence-electron chi connectivity index (χ2n) is 7.00. The number of amides is 1. The standard InChI is InChI=1S/C15H27N7O3S/c1-15(2,19-26(5,24)25)11-17-14(16-3)21-6-7-22(13(23)10-21)12-8-18-20(4)9-12/h8-9,19H,6-7,10-11H2,1-5H3,(H,16,17). The predicted octanol–water partition coefficient (Wildman–Crippen LogP) is -1.03. The van der Waals surface area contributed by atoms with Gasteiger partial charge in [0.2, 0.25) is 15.9 Å². The molecule has 2 N–H and O–H groups in total. The number of carbonyl (C=O) groups excluding carboxylic acids is 1. The number of piperazine rings is 1. The first-order valence-corrected chi connectivity index (χ1v) is 10.1. The molecule has 11 heteroatoms. The normalized spacial score (nSPS) is 17.0. The van der Waals surface area contributed by atoms with Gasteiger partial charge in [0, 0.05) is 45.5 Å². The molecule has 0 unspecified atom stereocenters. The van der Waals surface area contributed by atoms with Crippen molar-refractivity contribution in [1.82, 2.24) is 24.7 Å². The maximum absolute atomic E-state index is 12.5. The molecule has 2 heterocycles. The molecule has 0 atom stereocenters. The fraction of sp³-hybridized carbons (Fsp3) is 0.667. The Kier molecular flexibility index (Phi) is 5.91. The summed E-state index contributed by atoms with van der Waals surface area (Å²) in [6.07, 6.45) is 4.60. The summed E-state index contributed by atoms with van der Waals surface area (Å²) >= 11 is 0. The summed E-state index contributed by atoms with van der Waals surface area (Å²) in [4.78, 5) is 20.3. The van der Waals surface area contributed by atoms with Gasteiger partial charge in [-0.2, -0.15) is 5.10 Å². The van der Waals surface area contributed by atoms with E-state index in [2.05, 4.69) is 20.1 Å². The van der Waals surface area contributed by atoms with Gasteiger partial charge in [0.05, 0.1) is 18.1 Å². The Morgan fingerprint density at radius 2 is 2.08 bits per heavy atom. The van der Waals surface area contributed by atoms with Crippen LogP contribution in [0.4, 0.5) is 5.69 Å². The molecule has 146 valence electrons. The van der Waals surface area contributed by atoms with Gasteiger partial charge in [-0.3, -0.25) is 14.5 Å². The fourth-order valence-electron chi connectivity index (χ4n) is 2.84. The van der Waals surface area contributed by atoms with Crippen molar-refractivity contribution in [3.8, 4) is 0 Å². The summed E-state index contributed by atoms with van der Waals surface area (Å²) in [5, 5.41) is 7.24. The van der Waals surface area contributed by atoms with Crippen molar-refractivity contribution < 1.29 is 13.2 Å². The summed E-state index contributed by atoms with van der Waals surface area (Å²) in [6.45, 7) is 5.22. The molecule has 0 aromatic carbocycles. The van der Waals surface area contributed by atoms with Crippen LogP contribution in [0.1, 0.15) is 13.8 Å². The van der Waals surface area contributed by atoms with Gasteiger partial charge in [-0.1, -0.05) is 0 Å². The van der Waals surface area contributed by atoms with Gasteiger partial charge in [0.25, 0.3) is 0 Å². The van der Waals surface area contributed by atoms with Crippen molar-refractivity contribution >= 4 is 27.6 Å². The van der Waals surface area contributed by atoms with Crippen LogP contribution in [0.2, 0.25) is 0 Å². The lowest BCUT2D eigenvalue weighted by atomic mass is 10.1. The molecular formula is C15H27N7O3S. The number of rotatable bonds is 5. The molecule has 1 aromatic rings. The quantitative estimate of drug-likeness (QED) is 0.495. The van der Waals surface area contributed by atoms with Gasteiger partial charge < -0.3 is 15.1 Å². The van der Waals surface area contributed by atoms with Crippen molar-refractivity contribution in [3.05, 3.63) is 12.4 Å². The summed E-state index contributed by atoms with van der Waals surface area (Å²) in [7, 11) is 0.126.